The topological polar surface area (TPSA) is 46.3 Å². The summed E-state index contributed by atoms with van der Waals surface area (Å²) < 4.78 is 14.1. The zero-order valence-electron chi connectivity index (χ0n) is 11.9. The molecule has 0 spiro atoms. The first-order valence-corrected chi connectivity index (χ1v) is 7.55. The number of carbonyl (C=O) groups excluding carboxylic acids is 1. The molecule has 0 unspecified atom stereocenters. The van der Waals surface area contributed by atoms with Crippen molar-refractivity contribution < 1.29 is 9.18 Å². The van der Waals surface area contributed by atoms with Crippen LogP contribution in [0.2, 0.25) is 0 Å². The van der Waals surface area contributed by atoms with Crippen LogP contribution >= 0.6 is 11.3 Å². The number of carbonyl (C=O) groups is 1. The Morgan fingerprint density at radius 3 is 2.65 bits per heavy atom. The summed E-state index contributed by atoms with van der Waals surface area (Å²) >= 11 is 1.32. The Hall–Kier alpha value is -1.62. The third-order valence-electron chi connectivity index (χ3n) is 3.69. The first kappa shape index (κ1) is 14.8. The second kappa shape index (κ2) is 5.79. The van der Waals surface area contributed by atoms with Crippen LogP contribution in [0.5, 0.6) is 0 Å². The van der Waals surface area contributed by atoms with Crippen LogP contribution in [0.1, 0.15) is 36.4 Å². The van der Waals surface area contributed by atoms with Crippen molar-refractivity contribution in [2.45, 2.75) is 32.7 Å². The molecule has 108 valence electrons. The fourth-order valence-corrected chi connectivity index (χ4v) is 3.50. The van der Waals surface area contributed by atoms with Crippen LogP contribution in [0.15, 0.2) is 18.2 Å². The van der Waals surface area contributed by atoms with Crippen molar-refractivity contribution in [3.63, 3.8) is 0 Å². The maximum absolute atomic E-state index is 13.3. The Kier molecular flexibility index (Phi) is 4.28. The number of anilines is 1. The molecule has 20 heavy (non-hydrogen) atoms. The summed E-state index contributed by atoms with van der Waals surface area (Å²) in [6.45, 7) is 4.11. The summed E-state index contributed by atoms with van der Waals surface area (Å²) in [4.78, 5) is 14.8. The number of fused-ring (bicyclic) bond motifs is 1. The largest absolute Gasteiger partial charge is 0.397 e. The third kappa shape index (κ3) is 2.50. The van der Waals surface area contributed by atoms with Crippen molar-refractivity contribution in [1.82, 2.24) is 4.90 Å². The summed E-state index contributed by atoms with van der Waals surface area (Å²) in [6, 6.07) is 4.63. The molecule has 2 N–H and O–H groups in total. The standard InChI is InChI=1S/C15H19FN2OS/c1-4-10(5-2)18(3)15(19)14-13(17)11-8-9(16)6-7-12(11)20-14/h6-8,10H,4-5,17H2,1-3H3. The number of thiophene rings is 1. The number of halogens is 1. The van der Waals surface area contributed by atoms with Gasteiger partial charge in [-0.15, -0.1) is 11.3 Å². The third-order valence-corrected chi connectivity index (χ3v) is 4.87. The molecule has 2 aromatic rings. The van der Waals surface area contributed by atoms with E-state index in [-0.39, 0.29) is 17.8 Å². The van der Waals surface area contributed by atoms with E-state index < -0.39 is 0 Å². The van der Waals surface area contributed by atoms with Gasteiger partial charge in [0.05, 0.1) is 5.69 Å². The molecule has 0 fully saturated rings. The lowest BCUT2D eigenvalue weighted by atomic mass is 10.1. The Bertz CT molecular complexity index is 634. The lowest BCUT2D eigenvalue weighted by molar-refractivity contribution is 0.0729. The SMILES string of the molecule is CCC(CC)N(C)C(=O)c1sc2ccc(F)cc2c1N. The van der Waals surface area contributed by atoms with Crippen LogP contribution in [-0.4, -0.2) is 23.9 Å². The highest BCUT2D eigenvalue weighted by molar-refractivity contribution is 7.21. The van der Waals surface area contributed by atoms with E-state index in [0.717, 1.165) is 17.5 Å². The Balaban J connectivity index is 2.42. The number of rotatable bonds is 4. The van der Waals surface area contributed by atoms with Crippen molar-refractivity contribution >= 4 is 33.0 Å². The number of nitrogens with two attached hydrogens (primary N) is 1. The lowest BCUT2D eigenvalue weighted by Crippen LogP contribution is -2.36. The van der Waals surface area contributed by atoms with Gasteiger partial charge in [-0.05, 0) is 31.0 Å². The molecule has 0 atom stereocenters. The van der Waals surface area contributed by atoms with E-state index in [4.69, 9.17) is 5.73 Å². The summed E-state index contributed by atoms with van der Waals surface area (Å²) in [5.41, 5.74) is 6.41. The molecular weight excluding hydrogens is 275 g/mol. The van der Waals surface area contributed by atoms with E-state index in [1.807, 2.05) is 0 Å². The van der Waals surface area contributed by atoms with Gasteiger partial charge in [0, 0.05) is 23.2 Å². The Morgan fingerprint density at radius 2 is 2.05 bits per heavy atom. The van der Waals surface area contributed by atoms with Gasteiger partial charge in [-0.2, -0.15) is 0 Å². The molecule has 0 bridgehead atoms. The second-order valence-corrected chi connectivity index (χ2v) is 5.92. The van der Waals surface area contributed by atoms with Crippen LogP contribution in [0.4, 0.5) is 10.1 Å². The highest BCUT2D eigenvalue weighted by Crippen LogP contribution is 2.35. The smallest absolute Gasteiger partial charge is 0.266 e. The molecule has 0 saturated heterocycles. The quantitative estimate of drug-likeness (QED) is 0.930. The van der Waals surface area contributed by atoms with Gasteiger partial charge in [-0.1, -0.05) is 13.8 Å². The molecule has 0 radical (unpaired) electrons. The second-order valence-electron chi connectivity index (χ2n) is 4.87. The van der Waals surface area contributed by atoms with Gasteiger partial charge in [0.25, 0.3) is 5.91 Å². The monoisotopic (exact) mass is 294 g/mol. The highest BCUT2D eigenvalue weighted by atomic mass is 32.1. The number of nitrogens with zero attached hydrogens (tertiary/aromatic N) is 1. The van der Waals surface area contributed by atoms with Crippen molar-refractivity contribution in [3.05, 3.63) is 28.9 Å². The number of amides is 1. The van der Waals surface area contributed by atoms with E-state index in [9.17, 15) is 9.18 Å². The summed E-state index contributed by atoms with van der Waals surface area (Å²) in [5, 5.41) is 0.622. The van der Waals surface area contributed by atoms with E-state index in [1.54, 1.807) is 18.0 Å². The van der Waals surface area contributed by atoms with E-state index in [2.05, 4.69) is 13.8 Å². The molecular formula is C15H19FN2OS. The highest BCUT2D eigenvalue weighted by Gasteiger charge is 2.23. The predicted molar refractivity (Wildman–Crippen MR) is 82.7 cm³/mol. The van der Waals surface area contributed by atoms with Gasteiger partial charge in [-0.25, -0.2) is 4.39 Å². The molecule has 0 aliphatic heterocycles. The molecule has 1 aromatic heterocycles. The minimum absolute atomic E-state index is 0.0854. The average Bonchev–Trinajstić information content (AvgIpc) is 2.76. The van der Waals surface area contributed by atoms with Crippen LogP contribution in [0.3, 0.4) is 0 Å². The molecule has 1 amide bonds. The molecule has 0 aliphatic carbocycles. The molecule has 1 aromatic carbocycles. The maximum atomic E-state index is 13.3. The number of benzene rings is 1. The summed E-state index contributed by atoms with van der Waals surface area (Å²) in [5.74, 6) is -0.424. The Morgan fingerprint density at radius 1 is 1.40 bits per heavy atom. The fourth-order valence-electron chi connectivity index (χ4n) is 2.41. The molecule has 0 saturated carbocycles. The number of hydrogen-bond donors (Lipinski definition) is 1. The Labute approximate surface area is 122 Å². The zero-order chi connectivity index (χ0) is 14.9. The minimum atomic E-state index is -0.339. The molecule has 3 nitrogen and oxygen atoms in total. The molecule has 1 heterocycles. The van der Waals surface area contributed by atoms with Crippen molar-refractivity contribution in [2.75, 3.05) is 12.8 Å². The molecule has 0 aliphatic rings. The first-order valence-electron chi connectivity index (χ1n) is 6.74. The zero-order valence-corrected chi connectivity index (χ0v) is 12.8. The van der Waals surface area contributed by atoms with Crippen molar-refractivity contribution in [2.24, 2.45) is 0 Å². The number of nitrogen functional groups attached to an aromatic ring is 1. The lowest BCUT2D eigenvalue weighted by Gasteiger charge is -2.25. The van der Waals surface area contributed by atoms with E-state index >= 15 is 0 Å². The van der Waals surface area contributed by atoms with Crippen LogP contribution in [0, 0.1) is 5.82 Å². The van der Waals surface area contributed by atoms with Gasteiger partial charge in [0.2, 0.25) is 0 Å². The molecule has 5 heteroatoms. The van der Waals surface area contributed by atoms with Crippen molar-refractivity contribution in [1.29, 1.82) is 0 Å². The van der Waals surface area contributed by atoms with Gasteiger partial charge in [-0.3, -0.25) is 4.79 Å². The normalized spacial score (nSPS) is 11.2. The van der Waals surface area contributed by atoms with E-state index in [0.29, 0.717) is 16.0 Å². The summed E-state index contributed by atoms with van der Waals surface area (Å²) in [7, 11) is 1.80. The van der Waals surface area contributed by atoms with Gasteiger partial charge in [0.1, 0.15) is 10.7 Å². The van der Waals surface area contributed by atoms with Crippen LogP contribution < -0.4 is 5.73 Å². The molecule has 2 rings (SSSR count). The minimum Gasteiger partial charge on any atom is -0.397 e. The van der Waals surface area contributed by atoms with E-state index in [1.165, 1.54) is 23.5 Å². The van der Waals surface area contributed by atoms with Crippen molar-refractivity contribution in [3.8, 4) is 0 Å². The van der Waals surface area contributed by atoms with Crippen LogP contribution in [0.25, 0.3) is 10.1 Å². The van der Waals surface area contributed by atoms with Gasteiger partial charge in [0.15, 0.2) is 0 Å². The first-order chi connectivity index (χ1) is 9.49. The fraction of sp³-hybridized carbons (Fsp3) is 0.400. The summed E-state index contributed by atoms with van der Waals surface area (Å²) in [6.07, 6.45) is 1.80. The number of hydrogen-bond acceptors (Lipinski definition) is 3. The van der Waals surface area contributed by atoms with Crippen LogP contribution in [-0.2, 0) is 0 Å². The maximum Gasteiger partial charge on any atom is 0.266 e. The average molecular weight is 294 g/mol. The predicted octanol–water partition coefficient (Wildman–Crippen LogP) is 3.88. The van der Waals surface area contributed by atoms with Gasteiger partial charge < -0.3 is 10.6 Å². The van der Waals surface area contributed by atoms with Gasteiger partial charge >= 0.3 is 0 Å².